The molecule has 146 valence electrons. The number of nitrogens with zero attached hydrogens (tertiary/aromatic N) is 1. The van der Waals surface area contributed by atoms with Gasteiger partial charge in [-0.15, -0.1) is 0 Å². The Morgan fingerprint density at radius 1 is 0.926 bits per heavy atom. The van der Waals surface area contributed by atoms with Crippen molar-refractivity contribution < 1.29 is 18.6 Å². The Morgan fingerprint density at radius 3 is 2.15 bits per heavy atom. The van der Waals surface area contributed by atoms with Gasteiger partial charge in [0.25, 0.3) is 0 Å². The van der Waals surface area contributed by atoms with E-state index in [4.69, 9.17) is 14.2 Å². The Kier molecular flexibility index (Phi) is 7.73. The summed E-state index contributed by atoms with van der Waals surface area (Å²) in [6, 6.07) is 9.96. The highest BCUT2D eigenvalue weighted by atomic mass is 19.1. The average Bonchev–Trinajstić information content (AvgIpc) is 2.70. The molecule has 0 aromatic heterocycles. The van der Waals surface area contributed by atoms with E-state index in [1.165, 1.54) is 12.1 Å². The lowest BCUT2D eigenvalue weighted by molar-refractivity contribution is 0.347. The van der Waals surface area contributed by atoms with E-state index in [1.54, 1.807) is 39.5 Å². The maximum Gasteiger partial charge on any atom is 0.191 e. The lowest BCUT2D eigenvalue weighted by Gasteiger charge is -2.16. The zero-order valence-electron chi connectivity index (χ0n) is 16.1. The van der Waals surface area contributed by atoms with Crippen LogP contribution in [0.4, 0.5) is 4.39 Å². The van der Waals surface area contributed by atoms with E-state index in [0.29, 0.717) is 36.3 Å². The number of nitrogens with one attached hydrogen (secondary N) is 2. The minimum atomic E-state index is -0.256. The molecule has 0 spiro atoms. The Hall–Kier alpha value is -2.96. The summed E-state index contributed by atoms with van der Waals surface area (Å²) < 4.78 is 29.1. The monoisotopic (exact) mass is 375 g/mol. The van der Waals surface area contributed by atoms with Gasteiger partial charge in [-0.1, -0.05) is 12.1 Å². The topological polar surface area (TPSA) is 64.1 Å². The predicted octanol–water partition coefficient (Wildman–Crippen LogP) is 3.11. The van der Waals surface area contributed by atoms with Crippen LogP contribution in [0, 0.1) is 5.82 Å². The Bertz CT molecular complexity index is 764. The summed E-state index contributed by atoms with van der Waals surface area (Å²) >= 11 is 0. The Balaban J connectivity index is 2.12. The number of guanidine groups is 1. The first kappa shape index (κ1) is 20.4. The molecule has 0 amide bonds. The molecule has 0 saturated heterocycles. The fourth-order valence-electron chi connectivity index (χ4n) is 2.51. The van der Waals surface area contributed by atoms with Gasteiger partial charge in [0.2, 0.25) is 0 Å². The van der Waals surface area contributed by atoms with Crippen LogP contribution in [0.25, 0.3) is 0 Å². The van der Waals surface area contributed by atoms with Crippen molar-refractivity contribution in [3.8, 4) is 17.2 Å². The van der Waals surface area contributed by atoms with Gasteiger partial charge in [-0.25, -0.2) is 9.38 Å². The van der Waals surface area contributed by atoms with Crippen molar-refractivity contribution in [3.05, 3.63) is 53.3 Å². The number of rotatable bonds is 8. The summed E-state index contributed by atoms with van der Waals surface area (Å²) in [5, 5.41) is 6.46. The highest BCUT2D eigenvalue weighted by Crippen LogP contribution is 2.34. The zero-order valence-corrected chi connectivity index (χ0v) is 16.1. The van der Waals surface area contributed by atoms with Crippen LogP contribution < -0.4 is 24.8 Å². The number of hydrogen-bond acceptors (Lipinski definition) is 4. The molecule has 0 bridgehead atoms. The SMILES string of the molecule is CCNC(=NCc1ccc(F)cc1)NCc1cc(OC)c(OC)cc1OC. The number of benzene rings is 2. The minimum absolute atomic E-state index is 0.256. The van der Waals surface area contributed by atoms with Crippen LogP contribution in [0.3, 0.4) is 0 Å². The first-order chi connectivity index (χ1) is 13.1. The van der Waals surface area contributed by atoms with Crippen molar-refractivity contribution in [2.24, 2.45) is 4.99 Å². The van der Waals surface area contributed by atoms with Crippen LogP contribution in [0.5, 0.6) is 17.2 Å². The number of ether oxygens (including phenoxy) is 3. The average molecular weight is 375 g/mol. The van der Waals surface area contributed by atoms with Crippen LogP contribution in [0.2, 0.25) is 0 Å². The fourth-order valence-corrected chi connectivity index (χ4v) is 2.51. The van der Waals surface area contributed by atoms with Crippen molar-refractivity contribution in [1.29, 1.82) is 0 Å². The third kappa shape index (κ3) is 5.77. The summed E-state index contributed by atoms with van der Waals surface area (Å²) in [5.74, 6) is 2.32. The standard InChI is InChI=1S/C20H26FN3O3/c1-5-22-20(23-12-14-6-8-16(21)9-7-14)24-13-15-10-18(26-3)19(27-4)11-17(15)25-2/h6-11H,5,12-13H2,1-4H3,(H2,22,23,24). The second-order valence-electron chi connectivity index (χ2n) is 5.69. The molecule has 0 aliphatic carbocycles. The highest BCUT2D eigenvalue weighted by Gasteiger charge is 2.12. The molecule has 2 rings (SSSR count). The molecule has 2 aromatic carbocycles. The molecule has 0 atom stereocenters. The van der Waals surface area contributed by atoms with E-state index in [9.17, 15) is 4.39 Å². The molecule has 2 aromatic rings. The smallest absolute Gasteiger partial charge is 0.191 e. The van der Waals surface area contributed by atoms with Gasteiger partial charge in [-0.3, -0.25) is 0 Å². The second-order valence-corrected chi connectivity index (χ2v) is 5.69. The van der Waals surface area contributed by atoms with Crippen molar-refractivity contribution in [2.75, 3.05) is 27.9 Å². The summed E-state index contributed by atoms with van der Waals surface area (Å²) in [5.41, 5.74) is 1.83. The van der Waals surface area contributed by atoms with E-state index < -0.39 is 0 Å². The molecular formula is C20H26FN3O3. The van der Waals surface area contributed by atoms with Gasteiger partial charge in [-0.2, -0.15) is 0 Å². The highest BCUT2D eigenvalue weighted by molar-refractivity contribution is 5.79. The largest absolute Gasteiger partial charge is 0.496 e. The molecule has 0 fully saturated rings. The second kappa shape index (κ2) is 10.3. The minimum Gasteiger partial charge on any atom is -0.496 e. The summed E-state index contributed by atoms with van der Waals surface area (Å²) in [6.45, 7) is 3.64. The third-order valence-corrected chi connectivity index (χ3v) is 3.91. The van der Waals surface area contributed by atoms with Gasteiger partial charge in [0.05, 0.1) is 27.9 Å². The predicted molar refractivity (Wildman–Crippen MR) is 104 cm³/mol. The van der Waals surface area contributed by atoms with Gasteiger partial charge in [0.15, 0.2) is 17.5 Å². The van der Waals surface area contributed by atoms with E-state index >= 15 is 0 Å². The van der Waals surface area contributed by atoms with Crippen molar-refractivity contribution in [2.45, 2.75) is 20.0 Å². The summed E-state index contributed by atoms with van der Waals surface area (Å²) in [7, 11) is 4.79. The lowest BCUT2D eigenvalue weighted by atomic mass is 10.1. The van der Waals surface area contributed by atoms with E-state index in [-0.39, 0.29) is 5.82 Å². The Morgan fingerprint density at radius 2 is 1.56 bits per heavy atom. The van der Waals surface area contributed by atoms with E-state index in [0.717, 1.165) is 17.7 Å². The van der Waals surface area contributed by atoms with Gasteiger partial charge < -0.3 is 24.8 Å². The molecule has 0 unspecified atom stereocenters. The molecule has 2 N–H and O–H groups in total. The normalized spacial score (nSPS) is 11.1. The van der Waals surface area contributed by atoms with Crippen LogP contribution in [-0.2, 0) is 13.1 Å². The Labute approximate surface area is 159 Å². The van der Waals surface area contributed by atoms with Crippen LogP contribution in [-0.4, -0.2) is 33.8 Å². The number of hydrogen-bond donors (Lipinski definition) is 2. The quantitative estimate of drug-likeness (QED) is 0.548. The summed E-state index contributed by atoms with van der Waals surface area (Å²) in [6.07, 6.45) is 0. The van der Waals surface area contributed by atoms with Crippen molar-refractivity contribution in [1.82, 2.24) is 10.6 Å². The van der Waals surface area contributed by atoms with Crippen molar-refractivity contribution >= 4 is 5.96 Å². The number of halogens is 1. The van der Waals surface area contributed by atoms with Gasteiger partial charge >= 0.3 is 0 Å². The number of methoxy groups -OCH3 is 3. The first-order valence-electron chi connectivity index (χ1n) is 8.66. The fraction of sp³-hybridized carbons (Fsp3) is 0.350. The first-order valence-corrected chi connectivity index (χ1v) is 8.66. The van der Waals surface area contributed by atoms with E-state index in [2.05, 4.69) is 15.6 Å². The molecule has 0 aliphatic heterocycles. The summed E-state index contributed by atoms with van der Waals surface area (Å²) in [4.78, 5) is 4.54. The molecule has 0 aliphatic rings. The van der Waals surface area contributed by atoms with Gasteiger partial charge in [0, 0.05) is 24.7 Å². The van der Waals surface area contributed by atoms with Crippen molar-refractivity contribution in [3.63, 3.8) is 0 Å². The van der Waals surface area contributed by atoms with Crippen LogP contribution in [0.15, 0.2) is 41.4 Å². The molecule has 7 heteroatoms. The molecule has 0 radical (unpaired) electrons. The van der Waals surface area contributed by atoms with Gasteiger partial charge in [0.1, 0.15) is 11.6 Å². The molecule has 6 nitrogen and oxygen atoms in total. The number of aliphatic imine (C=N–C) groups is 1. The third-order valence-electron chi connectivity index (χ3n) is 3.91. The lowest BCUT2D eigenvalue weighted by Crippen LogP contribution is -2.36. The van der Waals surface area contributed by atoms with Crippen LogP contribution >= 0.6 is 0 Å². The maximum atomic E-state index is 13.0. The van der Waals surface area contributed by atoms with Crippen LogP contribution in [0.1, 0.15) is 18.1 Å². The van der Waals surface area contributed by atoms with E-state index in [1.807, 2.05) is 13.0 Å². The molecule has 27 heavy (non-hydrogen) atoms. The van der Waals surface area contributed by atoms with Gasteiger partial charge in [-0.05, 0) is 30.7 Å². The molecule has 0 heterocycles. The maximum absolute atomic E-state index is 13.0. The molecular weight excluding hydrogens is 349 g/mol. The zero-order chi connectivity index (χ0) is 19.6. The molecule has 0 saturated carbocycles.